The Morgan fingerprint density at radius 1 is 1.59 bits per heavy atom. The summed E-state index contributed by atoms with van der Waals surface area (Å²) in [4.78, 5) is 15.1. The fourth-order valence-electron chi connectivity index (χ4n) is 1.56. The fourth-order valence-corrected chi connectivity index (χ4v) is 2.61. The average Bonchev–Trinajstić information content (AvgIpc) is 2.72. The molecule has 1 unspecified atom stereocenters. The Labute approximate surface area is 103 Å². The SMILES string of the molecule is CCC(Sc1cc(C)cc2ncnn12)C(=O)O. The lowest BCUT2D eigenvalue weighted by Gasteiger charge is -2.10. The van der Waals surface area contributed by atoms with E-state index in [1.54, 1.807) is 4.52 Å². The summed E-state index contributed by atoms with van der Waals surface area (Å²) in [7, 11) is 0. The van der Waals surface area contributed by atoms with Crippen LogP contribution >= 0.6 is 11.8 Å². The number of aromatic nitrogens is 3. The van der Waals surface area contributed by atoms with Crippen molar-refractivity contribution in [3.05, 3.63) is 24.0 Å². The summed E-state index contributed by atoms with van der Waals surface area (Å²) >= 11 is 1.31. The summed E-state index contributed by atoms with van der Waals surface area (Å²) in [5.74, 6) is -0.799. The second kappa shape index (κ2) is 4.75. The Balaban J connectivity index is 2.40. The Morgan fingerprint density at radius 2 is 2.35 bits per heavy atom. The zero-order valence-electron chi connectivity index (χ0n) is 9.62. The predicted octanol–water partition coefficient (Wildman–Crippen LogP) is 1.99. The van der Waals surface area contributed by atoms with E-state index in [1.807, 2.05) is 26.0 Å². The number of rotatable bonds is 4. The van der Waals surface area contributed by atoms with Gasteiger partial charge in [-0.3, -0.25) is 4.79 Å². The number of aryl methyl sites for hydroxylation is 1. The highest BCUT2D eigenvalue weighted by atomic mass is 32.2. The Bertz CT molecular complexity index is 553. The molecule has 2 aromatic heterocycles. The quantitative estimate of drug-likeness (QED) is 0.842. The number of carboxylic acids is 1. The van der Waals surface area contributed by atoms with E-state index in [0.717, 1.165) is 16.2 Å². The minimum absolute atomic E-state index is 0.454. The van der Waals surface area contributed by atoms with Crippen molar-refractivity contribution in [3.8, 4) is 0 Å². The third-order valence-corrected chi connectivity index (χ3v) is 3.75. The first-order valence-electron chi connectivity index (χ1n) is 5.31. The van der Waals surface area contributed by atoms with Gasteiger partial charge in [0.2, 0.25) is 0 Å². The molecule has 0 saturated heterocycles. The molecule has 0 aromatic carbocycles. The summed E-state index contributed by atoms with van der Waals surface area (Å²) in [5.41, 5.74) is 1.79. The molecule has 1 N–H and O–H groups in total. The van der Waals surface area contributed by atoms with Crippen molar-refractivity contribution in [2.75, 3.05) is 0 Å². The second-order valence-electron chi connectivity index (χ2n) is 3.75. The van der Waals surface area contributed by atoms with Crippen molar-refractivity contribution < 1.29 is 9.90 Å². The van der Waals surface area contributed by atoms with Gasteiger partial charge in [-0.05, 0) is 31.0 Å². The molecule has 17 heavy (non-hydrogen) atoms. The number of nitrogens with zero attached hydrogens (tertiary/aromatic N) is 3. The summed E-state index contributed by atoms with van der Waals surface area (Å²) in [6.07, 6.45) is 2.05. The highest BCUT2D eigenvalue weighted by molar-refractivity contribution is 8.00. The maximum Gasteiger partial charge on any atom is 0.317 e. The van der Waals surface area contributed by atoms with Crippen LogP contribution in [0.15, 0.2) is 23.5 Å². The molecular weight excluding hydrogens is 238 g/mol. The molecule has 90 valence electrons. The van der Waals surface area contributed by atoms with Gasteiger partial charge in [0, 0.05) is 0 Å². The molecule has 2 heterocycles. The van der Waals surface area contributed by atoms with E-state index >= 15 is 0 Å². The lowest BCUT2D eigenvalue weighted by Crippen LogP contribution is -2.15. The lowest BCUT2D eigenvalue weighted by molar-refractivity contribution is -0.136. The van der Waals surface area contributed by atoms with Crippen LogP contribution in [0.2, 0.25) is 0 Å². The van der Waals surface area contributed by atoms with Crippen molar-refractivity contribution in [1.82, 2.24) is 14.6 Å². The number of carboxylic acid groups (broad SMARTS) is 1. The third kappa shape index (κ3) is 2.41. The van der Waals surface area contributed by atoms with Gasteiger partial charge in [-0.25, -0.2) is 9.50 Å². The van der Waals surface area contributed by atoms with Crippen LogP contribution in [-0.4, -0.2) is 30.9 Å². The molecular formula is C11H13N3O2S. The first kappa shape index (κ1) is 11.9. The monoisotopic (exact) mass is 251 g/mol. The number of carbonyl (C=O) groups is 1. The van der Waals surface area contributed by atoms with Crippen molar-refractivity contribution in [2.45, 2.75) is 30.5 Å². The van der Waals surface area contributed by atoms with Crippen molar-refractivity contribution >= 4 is 23.4 Å². The van der Waals surface area contributed by atoms with Gasteiger partial charge >= 0.3 is 5.97 Å². The van der Waals surface area contributed by atoms with Crippen LogP contribution < -0.4 is 0 Å². The topological polar surface area (TPSA) is 67.5 Å². The van der Waals surface area contributed by atoms with Crippen molar-refractivity contribution in [3.63, 3.8) is 0 Å². The average molecular weight is 251 g/mol. The second-order valence-corrected chi connectivity index (χ2v) is 4.98. The largest absolute Gasteiger partial charge is 0.480 e. The van der Waals surface area contributed by atoms with E-state index in [9.17, 15) is 4.79 Å². The van der Waals surface area contributed by atoms with Gasteiger partial charge < -0.3 is 5.11 Å². The van der Waals surface area contributed by atoms with Gasteiger partial charge in [-0.2, -0.15) is 5.10 Å². The molecule has 0 saturated carbocycles. The molecule has 0 aliphatic rings. The molecule has 2 rings (SSSR count). The highest BCUT2D eigenvalue weighted by Gasteiger charge is 2.18. The summed E-state index contributed by atoms with van der Waals surface area (Å²) in [6, 6.07) is 3.84. The molecule has 1 atom stereocenters. The summed E-state index contributed by atoms with van der Waals surface area (Å²) in [5, 5.41) is 13.5. The Morgan fingerprint density at radius 3 is 3.00 bits per heavy atom. The minimum Gasteiger partial charge on any atom is -0.480 e. The first-order valence-corrected chi connectivity index (χ1v) is 6.19. The zero-order chi connectivity index (χ0) is 12.4. The van der Waals surface area contributed by atoms with Crippen LogP contribution in [0.3, 0.4) is 0 Å². The first-order chi connectivity index (χ1) is 8.11. The number of pyridine rings is 1. The van der Waals surface area contributed by atoms with Gasteiger partial charge in [0.15, 0.2) is 5.65 Å². The molecule has 0 aliphatic heterocycles. The zero-order valence-corrected chi connectivity index (χ0v) is 10.4. The number of fused-ring (bicyclic) bond motifs is 1. The van der Waals surface area contributed by atoms with Gasteiger partial charge in [0.25, 0.3) is 0 Å². The maximum absolute atomic E-state index is 11.0. The molecule has 0 radical (unpaired) electrons. The summed E-state index contributed by atoms with van der Waals surface area (Å²) < 4.78 is 1.67. The van der Waals surface area contributed by atoms with E-state index in [-0.39, 0.29) is 0 Å². The molecule has 0 amide bonds. The van der Waals surface area contributed by atoms with E-state index in [1.165, 1.54) is 18.1 Å². The van der Waals surface area contributed by atoms with Gasteiger partial charge in [-0.15, -0.1) is 0 Å². The number of aliphatic carboxylic acids is 1. The smallest absolute Gasteiger partial charge is 0.317 e. The number of thioether (sulfide) groups is 1. The minimum atomic E-state index is -0.799. The third-order valence-electron chi connectivity index (χ3n) is 2.40. The fraction of sp³-hybridized carbons (Fsp3) is 0.364. The van der Waals surface area contributed by atoms with Crippen LogP contribution in [0.25, 0.3) is 5.65 Å². The van der Waals surface area contributed by atoms with Crippen LogP contribution in [0, 0.1) is 6.92 Å². The van der Waals surface area contributed by atoms with Gasteiger partial charge in [0.1, 0.15) is 16.6 Å². The molecule has 2 aromatic rings. The van der Waals surface area contributed by atoms with Gasteiger partial charge in [0.05, 0.1) is 0 Å². The van der Waals surface area contributed by atoms with Crippen molar-refractivity contribution in [1.29, 1.82) is 0 Å². The van der Waals surface area contributed by atoms with Crippen LogP contribution in [0.1, 0.15) is 18.9 Å². The van der Waals surface area contributed by atoms with E-state index in [4.69, 9.17) is 5.11 Å². The standard InChI is InChI=1S/C11H13N3O2S/c1-3-8(11(15)16)17-10-5-7(2)4-9-12-6-13-14(9)10/h4-6,8H,3H2,1-2H3,(H,15,16). The van der Waals surface area contributed by atoms with Gasteiger partial charge in [-0.1, -0.05) is 18.7 Å². The van der Waals surface area contributed by atoms with Crippen LogP contribution in [0.5, 0.6) is 0 Å². The number of hydrogen-bond acceptors (Lipinski definition) is 4. The normalized spacial score (nSPS) is 12.8. The van der Waals surface area contributed by atoms with Crippen molar-refractivity contribution in [2.24, 2.45) is 0 Å². The Kier molecular flexibility index (Phi) is 3.33. The van der Waals surface area contributed by atoms with Crippen LogP contribution in [0.4, 0.5) is 0 Å². The van der Waals surface area contributed by atoms with E-state index in [2.05, 4.69) is 10.1 Å². The molecule has 0 fully saturated rings. The molecule has 6 heteroatoms. The molecule has 0 spiro atoms. The Hall–Kier alpha value is -1.56. The van der Waals surface area contributed by atoms with E-state index < -0.39 is 11.2 Å². The molecule has 0 bridgehead atoms. The van der Waals surface area contributed by atoms with Crippen LogP contribution in [-0.2, 0) is 4.79 Å². The summed E-state index contributed by atoms with van der Waals surface area (Å²) in [6.45, 7) is 3.82. The highest BCUT2D eigenvalue weighted by Crippen LogP contribution is 2.26. The predicted molar refractivity (Wildman–Crippen MR) is 65.3 cm³/mol. The number of hydrogen-bond donors (Lipinski definition) is 1. The lowest BCUT2D eigenvalue weighted by atomic mass is 10.3. The van der Waals surface area contributed by atoms with E-state index in [0.29, 0.717) is 6.42 Å². The molecule has 5 nitrogen and oxygen atoms in total. The maximum atomic E-state index is 11.0. The molecule has 0 aliphatic carbocycles.